The lowest BCUT2D eigenvalue weighted by Crippen LogP contribution is -2.42. The van der Waals surface area contributed by atoms with Crippen LogP contribution in [-0.4, -0.2) is 36.1 Å². The predicted molar refractivity (Wildman–Crippen MR) is 122 cm³/mol. The largest absolute Gasteiger partial charge is 0.341 e. The van der Waals surface area contributed by atoms with Crippen molar-refractivity contribution in [3.63, 3.8) is 0 Å². The monoisotopic (exact) mass is 411 g/mol. The van der Waals surface area contributed by atoms with Crippen molar-refractivity contribution in [1.29, 1.82) is 5.26 Å². The molecule has 0 unspecified atom stereocenters. The number of benzene rings is 1. The fraction of sp³-hybridized carbons (Fsp3) is 0.500. The molecule has 1 spiro atoms. The summed E-state index contributed by atoms with van der Waals surface area (Å²) in [6, 6.07) is 9.84. The summed E-state index contributed by atoms with van der Waals surface area (Å²) in [5.74, 6) is 8.14. The number of piperidine rings is 1. The Morgan fingerprint density at radius 2 is 1.84 bits per heavy atom. The summed E-state index contributed by atoms with van der Waals surface area (Å²) in [7, 11) is 0. The van der Waals surface area contributed by atoms with Crippen molar-refractivity contribution in [2.45, 2.75) is 44.9 Å². The van der Waals surface area contributed by atoms with Gasteiger partial charge < -0.3 is 10.2 Å². The molecule has 3 fully saturated rings. The van der Waals surface area contributed by atoms with Gasteiger partial charge in [-0.2, -0.15) is 5.26 Å². The van der Waals surface area contributed by atoms with Crippen LogP contribution in [0.15, 0.2) is 30.5 Å². The van der Waals surface area contributed by atoms with Crippen LogP contribution in [-0.2, 0) is 0 Å². The first-order valence-electron chi connectivity index (χ1n) is 11.6. The Hall–Kier alpha value is -2.89. The first-order chi connectivity index (χ1) is 15.2. The van der Waals surface area contributed by atoms with E-state index < -0.39 is 0 Å². The second kappa shape index (κ2) is 8.69. The fourth-order valence-corrected chi connectivity index (χ4v) is 5.19. The second-order valence-electron chi connectivity index (χ2n) is 9.29. The Labute approximate surface area is 184 Å². The molecule has 3 aliphatic rings. The van der Waals surface area contributed by atoms with Gasteiger partial charge in [0.15, 0.2) is 0 Å². The molecule has 2 saturated heterocycles. The topological polar surface area (TPSA) is 64.8 Å². The molecule has 2 aliphatic heterocycles. The summed E-state index contributed by atoms with van der Waals surface area (Å²) in [5, 5.41) is 12.7. The Bertz CT molecular complexity index is 1020. The predicted octanol–water partition coefficient (Wildman–Crippen LogP) is 4.14. The van der Waals surface area contributed by atoms with Crippen LogP contribution in [0.4, 0.5) is 5.95 Å². The maximum Gasteiger partial charge on any atom is 0.225 e. The number of aromatic nitrogens is 2. The first kappa shape index (κ1) is 20.0. The lowest BCUT2D eigenvalue weighted by atomic mass is 9.78. The number of anilines is 1. The van der Waals surface area contributed by atoms with Crippen LogP contribution in [0.2, 0.25) is 0 Å². The zero-order valence-corrected chi connectivity index (χ0v) is 18.0. The first-order valence-corrected chi connectivity index (χ1v) is 11.6. The van der Waals surface area contributed by atoms with Crippen LogP contribution in [0, 0.1) is 34.5 Å². The third kappa shape index (κ3) is 4.29. The maximum absolute atomic E-state index is 9.15. The molecule has 1 aromatic carbocycles. The molecule has 0 amide bonds. The van der Waals surface area contributed by atoms with Crippen LogP contribution in [0.5, 0.6) is 0 Å². The molecule has 1 saturated carbocycles. The van der Waals surface area contributed by atoms with E-state index in [0.717, 1.165) is 48.9 Å². The molecule has 0 atom stereocenters. The summed E-state index contributed by atoms with van der Waals surface area (Å²) in [6.07, 6.45) is 10.5. The molecular formula is C26H29N5. The molecule has 0 bridgehead atoms. The van der Waals surface area contributed by atoms with Crippen molar-refractivity contribution >= 4 is 5.95 Å². The van der Waals surface area contributed by atoms with E-state index in [4.69, 9.17) is 15.2 Å². The van der Waals surface area contributed by atoms with Crippen LogP contribution < -0.4 is 10.2 Å². The van der Waals surface area contributed by atoms with Crippen LogP contribution in [0.1, 0.15) is 56.1 Å². The molecule has 3 heterocycles. The van der Waals surface area contributed by atoms with Crippen molar-refractivity contribution in [1.82, 2.24) is 15.3 Å². The van der Waals surface area contributed by atoms with Gasteiger partial charge in [0.05, 0.1) is 22.9 Å². The SMILES string of the molecule is N#Cc1ccc(-c2nc(N3CCC4(CCNC4)CC3)ncc2C#CC2CCCC2)cc1. The summed E-state index contributed by atoms with van der Waals surface area (Å²) in [5.41, 5.74) is 3.88. The van der Waals surface area contributed by atoms with Gasteiger partial charge in [-0.25, -0.2) is 9.97 Å². The minimum atomic E-state index is 0.471. The van der Waals surface area contributed by atoms with E-state index in [1.54, 1.807) is 0 Å². The lowest BCUT2D eigenvalue weighted by Gasteiger charge is -2.38. The van der Waals surface area contributed by atoms with E-state index in [1.165, 1.54) is 44.9 Å². The number of nitrogens with zero attached hydrogens (tertiary/aromatic N) is 4. The Kier molecular flexibility index (Phi) is 5.62. The Morgan fingerprint density at radius 3 is 2.52 bits per heavy atom. The zero-order valence-electron chi connectivity index (χ0n) is 18.0. The van der Waals surface area contributed by atoms with Gasteiger partial charge in [-0.15, -0.1) is 0 Å². The van der Waals surface area contributed by atoms with Gasteiger partial charge >= 0.3 is 0 Å². The number of hydrogen-bond acceptors (Lipinski definition) is 5. The van der Waals surface area contributed by atoms with E-state index in [0.29, 0.717) is 16.9 Å². The van der Waals surface area contributed by atoms with Crippen LogP contribution in [0.3, 0.4) is 0 Å². The molecule has 1 aromatic heterocycles. The number of rotatable bonds is 2. The highest BCUT2D eigenvalue weighted by molar-refractivity contribution is 5.68. The highest BCUT2D eigenvalue weighted by atomic mass is 15.3. The molecule has 2 aromatic rings. The molecule has 31 heavy (non-hydrogen) atoms. The van der Waals surface area contributed by atoms with Gasteiger partial charge in [-0.1, -0.05) is 36.8 Å². The molecule has 5 heteroatoms. The third-order valence-electron chi connectivity index (χ3n) is 7.27. The Morgan fingerprint density at radius 1 is 1.06 bits per heavy atom. The molecule has 158 valence electrons. The normalized spacial score (nSPS) is 20.4. The van der Waals surface area contributed by atoms with Crippen LogP contribution in [0.25, 0.3) is 11.3 Å². The minimum Gasteiger partial charge on any atom is -0.341 e. The van der Waals surface area contributed by atoms with Crippen molar-refractivity contribution in [2.24, 2.45) is 11.3 Å². The molecular weight excluding hydrogens is 382 g/mol. The summed E-state index contributed by atoms with van der Waals surface area (Å²) >= 11 is 0. The highest BCUT2D eigenvalue weighted by Gasteiger charge is 2.37. The molecule has 0 radical (unpaired) electrons. The van der Waals surface area contributed by atoms with Gasteiger partial charge in [0.1, 0.15) is 0 Å². The van der Waals surface area contributed by atoms with Crippen LogP contribution >= 0.6 is 0 Å². The van der Waals surface area contributed by atoms with E-state index in [9.17, 15) is 0 Å². The average molecular weight is 412 g/mol. The number of hydrogen-bond donors (Lipinski definition) is 1. The van der Waals surface area contributed by atoms with Gasteiger partial charge in [0.2, 0.25) is 5.95 Å². The smallest absolute Gasteiger partial charge is 0.225 e. The quantitative estimate of drug-likeness (QED) is 0.753. The summed E-state index contributed by atoms with van der Waals surface area (Å²) in [4.78, 5) is 12.0. The summed E-state index contributed by atoms with van der Waals surface area (Å²) < 4.78 is 0. The van der Waals surface area contributed by atoms with E-state index >= 15 is 0 Å². The third-order valence-corrected chi connectivity index (χ3v) is 7.27. The number of nitrogens with one attached hydrogen (secondary N) is 1. The van der Waals surface area contributed by atoms with E-state index in [1.807, 2.05) is 30.5 Å². The van der Waals surface area contributed by atoms with Gasteiger partial charge in [0, 0.05) is 37.3 Å². The lowest BCUT2D eigenvalue weighted by molar-refractivity contribution is 0.246. The zero-order chi connectivity index (χ0) is 21.1. The Balaban J connectivity index is 1.44. The van der Waals surface area contributed by atoms with E-state index in [2.05, 4.69) is 28.1 Å². The fourth-order valence-electron chi connectivity index (χ4n) is 5.19. The molecule has 5 nitrogen and oxygen atoms in total. The van der Waals surface area contributed by atoms with Gasteiger partial charge in [-0.05, 0) is 56.2 Å². The maximum atomic E-state index is 9.15. The molecule has 5 rings (SSSR count). The van der Waals surface area contributed by atoms with Crippen molar-refractivity contribution < 1.29 is 0 Å². The number of nitriles is 1. The second-order valence-corrected chi connectivity index (χ2v) is 9.29. The van der Waals surface area contributed by atoms with Crippen molar-refractivity contribution in [3.8, 4) is 29.2 Å². The standard InChI is InChI=1S/C26H29N5/c27-17-21-6-8-22(9-7-21)24-23(10-5-20-3-1-2-4-20)18-29-25(30-24)31-15-12-26(13-16-31)11-14-28-19-26/h6-9,18,20,28H,1-4,11-16,19H2. The van der Waals surface area contributed by atoms with Gasteiger partial charge in [-0.3, -0.25) is 0 Å². The minimum absolute atomic E-state index is 0.471. The van der Waals surface area contributed by atoms with Crippen molar-refractivity contribution in [2.75, 3.05) is 31.1 Å². The average Bonchev–Trinajstić information content (AvgIpc) is 3.51. The molecule has 1 aliphatic carbocycles. The molecule has 1 N–H and O–H groups in total. The highest BCUT2D eigenvalue weighted by Crippen LogP contribution is 2.38. The van der Waals surface area contributed by atoms with Crippen molar-refractivity contribution in [3.05, 3.63) is 41.6 Å². The summed E-state index contributed by atoms with van der Waals surface area (Å²) in [6.45, 7) is 4.30. The van der Waals surface area contributed by atoms with Gasteiger partial charge in [0.25, 0.3) is 0 Å². The van der Waals surface area contributed by atoms with E-state index in [-0.39, 0.29) is 0 Å².